The van der Waals surface area contributed by atoms with Crippen LogP contribution in [0, 0.1) is 13.8 Å². The number of nitrogens with zero attached hydrogens (tertiary/aromatic N) is 2. The van der Waals surface area contributed by atoms with E-state index in [4.69, 9.17) is 9.47 Å². The second-order valence-corrected chi connectivity index (χ2v) is 8.30. The van der Waals surface area contributed by atoms with E-state index in [1.54, 1.807) is 21.3 Å². The third kappa shape index (κ3) is 5.40. The maximum absolute atomic E-state index is 12.9. The summed E-state index contributed by atoms with van der Waals surface area (Å²) < 4.78 is 10.9. The molecule has 2 amide bonds. The SMILES string of the molecule is COc1ccc(C2CCCN2CC(=O)N(C)CC(=O)Nc2c(C)cccc2C)c(OC)c1. The quantitative estimate of drug-likeness (QED) is 0.681. The Balaban J connectivity index is 1.62. The standard InChI is InChI=1S/C25H33N3O4/c1-17-8-6-9-18(2)25(17)26-23(29)15-27(3)24(30)16-28-13-7-10-21(28)20-12-11-19(31-4)14-22(20)32-5/h6,8-9,11-12,14,21H,7,10,13,15-16H2,1-5H3,(H,26,29). The van der Waals surface area contributed by atoms with Gasteiger partial charge in [-0.1, -0.05) is 24.3 Å². The van der Waals surface area contributed by atoms with Gasteiger partial charge < -0.3 is 19.7 Å². The number of carbonyl (C=O) groups excluding carboxylic acids is 2. The molecule has 1 atom stereocenters. The summed E-state index contributed by atoms with van der Waals surface area (Å²) in [5, 5.41) is 2.94. The van der Waals surface area contributed by atoms with Crippen molar-refractivity contribution in [2.75, 3.05) is 46.2 Å². The monoisotopic (exact) mass is 439 g/mol. The normalized spacial score (nSPS) is 16.0. The van der Waals surface area contributed by atoms with Crippen molar-refractivity contribution in [2.45, 2.75) is 32.7 Å². The predicted molar refractivity (Wildman–Crippen MR) is 125 cm³/mol. The lowest BCUT2D eigenvalue weighted by Gasteiger charge is -2.27. The number of nitrogens with one attached hydrogen (secondary N) is 1. The number of hydrogen-bond donors (Lipinski definition) is 1. The van der Waals surface area contributed by atoms with E-state index in [1.807, 2.05) is 50.2 Å². The van der Waals surface area contributed by atoms with Crippen LogP contribution in [0.25, 0.3) is 0 Å². The summed E-state index contributed by atoms with van der Waals surface area (Å²) in [6.45, 7) is 5.01. The lowest BCUT2D eigenvalue weighted by Crippen LogP contribution is -2.41. The zero-order chi connectivity index (χ0) is 23.3. The molecular formula is C25H33N3O4. The van der Waals surface area contributed by atoms with Gasteiger partial charge in [-0.25, -0.2) is 0 Å². The third-order valence-electron chi connectivity index (χ3n) is 6.05. The molecule has 1 unspecified atom stereocenters. The zero-order valence-corrected chi connectivity index (χ0v) is 19.6. The average molecular weight is 440 g/mol. The van der Waals surface area contributed by atoms with Gasteiger partial charge >= 0.3 is 0 Å². The minimum absolute atomic E-state index is 0.0109. The van der Waals surface area contributed by atoms with Crippen molar-refractivity contribution in [1.82, 2.24) is 9.80 Å². The second kappa shape index (κ2) is 10.5. The van der Waals surface area contributed by atoms with E-state index in [1.165, 1.54) is 4.90 Å². The fourth-order valence-electron chi connectivity index (χ4n) is 4.25. The first-order chi connectivity index (χ1) is 15.3. The summed E-state index contributed by atoms with van der Waals surface area (Å²) in [6, 6.07) is 11.8. The lowest BCUT2D eigenvalue weighted by molar-refractivity contribution is -0.134. The molecule has 1 aliphatic heterocycles. The Morgan fingerprint density at radius 1 is 1.12 bits per heavy atom. The first kappa shape index (κ1) is 23.6. The molecule has 1 heterocycles. The highest BCUT2D eigenvalue weighted by Crippen LogP contribution is 2.38. The van der Waals surface area contributed by atoms with Crippen LogP contribution in [-0.2, 0) is 9.59 Å². The Kier molecular flexibility index (Phi) is 7.75. The molecule has 0 saturated carbocycles. The van der Waals surface area contributed by atoms with Crippen molar-refractivity contribution in [3.8, 4) is 11.5 Å². The second-order valence-electron chi connectivity index (χ2n) is 8.30. The van der Waals surface area contributed by atoms with Crippen LogP contribution in [0.2, 0.25) is 0 Å². The Morgan fingerprint density at radius 2 is 1.84 bits per heavy atom. The molecule has 0 radical (unpaired) electrons. The molecule has 7 nitrogen and oxygen atoms in total. The molecule has 2 aromatic rings. The van der Waals surface area contributed by atoms with E-state index < -0.39 is 0 Å². The summed E-state index contributed by atoms with van der Waals surface area (Å²) >= 11 is 0. The van der Waals surface area contributed by atoms with E-state index in [2.05, 4.69) is 10.2 Å². The number of benzene rings is 2. The van der Waals surface area contributed by atoms with Gasteiger partial charge in [0.25, 0.3) is 0 Å². The number of carbonyl (C=O) groups is 2. The summed E-state index contributed by atoms with van der Waals surface area (Å²) in [7, 11) is 4.94. The van der Waals surface area contributed by atoms with Gasteiger partial charge in [0.1, 0.15) is 11.5 Å². The maximum atomic E-state index is 12.9. The van der Waals surface area contributed by atoms with E-state index in [-0.39, 0.29) is 30.9 Å². The van der Waals surface area contributed by atoms with Gasteiger partial charge in [0.15, 0.2) is 0 Å². The molecule has 0 aliphatic carbocycles. The van der Waals surface area contributed by atoms with Gasteiger partial charge in [0.2, 0.25) is 11.8 Å². The highest BCUT2D eigenvalue weighted by atomic mass is 16.5. The molecule has 0 bridgehead atoms. The molecule has 172 valence electrons. The largest absolute Gasteiger partial charge is 0.497 e. The van der Waals surface area contributed by atoms with Gasteiger partial charge in [-0.2, -0.15) is 0 Å². The number of likely N-dealkylation sites (tertiary alicyclic amines) is 1. The highest BCUT2D eigenvalue weighted by molar-refractivity contribution is 5.95. The summed E-state index contributed by atoms with van der Waals surface area (Å²) in [5.41, 5.74) is 3.86. The van der Waals surface area contributed by atoms with Gasteiger partial charge in [-0.15, -0.1) is 0 Å². The molecule has 1 fully saturated rings. The topological polar surface area (TPSA) is 71.1 Å². The number of hydrogen-bond acceptors (Lipinski definition) is 5. The molecule has 7 heteroatoms. The van der Waals surface area contributed by atoms with Crippen molar-refractivity contribution in [3.05, 3.63) is 53.1 Å². The fourth-order valence-corrected chi connectivity index (χ4v) is 4.25. The van der Waals surface area contributed by atoms with Crippen molar-refractivity contribution < 1.29 is 19.1 Å². The molecule has 0 aromatic heterocycles. The zero-order valence-electron chi connectivity index (χ0n) is 19.6. The number of rotatable bonds is 8. The summed E-state index contributed by atoms with van der Waals surface area (Å²) in [5.74, 6) is 1.21. The smallest absolute Gasteiger partial charge is 0.243 e. The number of aryl methyl sites for hydroxylation is 2. The van der Waals surface area contributed by atoms with Crippen LogP contribution >= 0.6 is 0 Å². The van der Waals surface area contributed by atoms with Crippen LogP contribution in [0.5, 0.6) is 11.5 Å². The fraction of sp³-hybridized carbons (Fsp3) is 0.440. The van der Waals surface area contributed by atoms with Gasteiger partial charge in [-0.3, -0.25) is 14.5 Å². The first-order valence-electron chi connectivity index (χ1n) is 10.9. The van der Waals surface area contributed by atoms with Crippen molar-refractivity contribution in [3.63, 3.8) is 0 Å². The number of likely N-dealkylation sites (N-methyl/N-ethyl adjacent to an activating group) is 1. The molecular weight excluding hydrogens is 406 g/mol. The van der Waals surface area contributed by atoms with Crippen molar-refractivity contribution >= 4 is 17.5 Å². The summed E-state index contributed by atoms with van der Waals surface area (Å²) in [6.07, 6.45) is 1.95. The van der Waals surface area contributed by atoms with Crippen LogP contribution in [0.4, 0.5) is 5.69 Å². The molecule has 1 aliphatic rings. The third-order valence-corrected chi connectivity index (χ3v) is 6.05. The van der Waals surface area contributed by atoms with Crippen molar-refractivity contribution in [2.24, 2.45) is 0 Å². The number of methoxy groups -OCH3 is 2. The lowest BCUT2D eigenvalue weighted by atomic mass is 10.0. The maximum Gasteiger partial charge on any atom is 0.243 e. The Hall–Kier alpha value is -3.06. The van der Waals surface area contributed by atoms with Gasteiger partial charge in [-0.05, 0) is 50.4 Å². The molecule has 0 spiro atoms. The van der Waals surface area contributed by atoms with Crippen LogP contribution in [0.15, 0.2) is 36.4 Å². The molecule has 1 N–H and O–H groups in total. The van der Waals surface area contributed by atoms with Gasteiger partial charge in [0, 0.05) is 30.4 Å². The summed E-state index contributed by atoms with van der Waals surface area (Å²) in [4.78, 5) is 29.1. The number of amides is 2. The van der Waals surface area contributed by atoms with Crippen molar-refractivity contribution in [1.29, 1.82) is 0 Å². The Bertz CT molecular complexity index is 955. The number of para-hydroxylation sites is 1. The number of anilines is 1. The predicted octanol–water partition coefficient (Wildman–Crippen LogP) is 3.55. The van der Waals surface area contributed by atoms with E-state index in [0.29, 0.717) is 0 Å². The van der Waals surface area contributed by atoms with E-state index in [9.17, 15) is 9.59 Å². The molecule has 32 heavy (non-hydrogen) atoms. The minimum Gasteiger partial charge on any atom is -0.497 e. The molecule has 3 rings (SSSR count). The van der Waals surface area contributed by atoms with Gasteiger partial charge in [0.05, 0.1) is 27.3 Å². The first-order valence-corrected chi connectivity index (χ1v) is 10.9. The van der Waals surface area contributed by atoms with E-state index >= 15 is 0 Å². The molecule has 2 aromatic carbocycles. The number of ether oxygens (including phenoxy) is 2. The average Bonchev–Trinajstić information content (AvgIpc) is 3.23. The van der Waals surface area contributed by atoms with E-state index in [0.717, 1.165) is 53.3 Å². The van der Waals surface area contributed by atoms with Crippen LogP contribution in [-0.4, -0.2) is 62.5 Å². The Labute approximate surface area is 190 Å². The van der Waals surface area contributed by atoms with Crippen LogP contribution in [0.1, 0.15) is 35.6 Å². The molecule has 1 saturated heterocycles. The van der Waals surface area contributed by atoms with Crippen LogP contribution < -0.4 is 14.8 Å². The highest BCUT2D eigenvalue weighted by Gasteiger charge is 2.31. The minimum atomic E-state index is -0.201. The Morgan fingerprint density at radius 3 is 2.50 bits per heavy atom. The van der Waals surface area contributed by atoms with Crippen LogP contribution in [0.3, 0.4) is 0 Å².